The zero-order valence-electron chi connectivity index (χ0n) is 11.9. The lowest BCUT2D eigenvalue weighted by Crippen LogP contribution is -3.00. The monoisotopic (exact) mass is 308 g/mol. The largest absolute Gasteiger partial charge is 1.00 e. The first kappa shape index (κ1) is 16.7. The summed E-state index contributed by atoms with van der Waals surface area (Å²) >= 11 is 0. The number of hydrogen-bond acceptors (Lipinski definition) is 4. The van der Waals surface area contributed by atoms with E-state index in [0.717, 1.165) is 5.88 Å². The number of hydrogen-bond donors (Lipinski definition) is 1. The van der Waals surface area contributed by atoms with Crippen LogP contribution in [0.1, 0.15) is 5.76 Å². The standard InChI is InChI=1S/C14H16N4O2.ClH/c1-17(2)14-7-6-12(20-14)10-15-16-13(19)11-18-8-4-3-5-9-18;/h3-10H,11H2,1-2H3;1H/b15-10+;. The molecule has 0 saturated heterocycles. The SMILES string of the molecule is CN(C)c1ccc(/C=N/NC(=O)C[n+]2ccccc2)o1.[Cl-]. The van der Waals surface area contributed by atoms with Crippen molar-refractivity contribution in [1.29, 1.82) is 0 Å². The van der Waals surface area contributed by atoms with E-state index in [2.05, 4.69) is 10.5 Å². The minimum absolute atomic E-state index is 0. The third-order valence-corrected chi connectivity index (χ3v) is 2.54. The van der Waals surface area contributed by atoms with Gasteiger partial charge in [-0.1, -0.05) is 6.07 Å². The van der Waals surface area contributed by atoms with E-state index in [1.54, 1.807) is 10.6 Å². The van der Waals surface area contributed by atoms with E-state index >= 15 is 0 Å². The van der Waals surface area contributed by atoms with E-state index in [9.17, 15) is 4.79 Å². The Hall–Kier alpha value is -2.34. The van der Waals surface area contributed by atoms with Crippen LogP contribution < -0.4 is 27.3 Å². The Morgan fingerprint density at radius 2 is 2.05 bits per heavy atom. The van der Waals surface area contributed by atoms with Gasteiger partial charge in [0.1, 0.15) is 5.76 Å². The number of aromatic nitrogens is 1. The maximum Gasteiger partial charge on any atom is 0.305 e. The number of furan rings is 1. The van der Waals surface area contributed by atoms with Crippen LogP contribution in [0.5, 0.6) is 0 Å². The molecule has 0 fully saturated rings. The van der Waals surface area contributed by atoms with E-state index in [1.165, 1.54) is 6.21 Å². The first-order chi connectivity index (χ1) is 9.65. The van der Waals surface area contributed by atoms with Gasteiger partial charge in [-0.3, -0.25) is 4.79 Å². The van der Waals surface area contributed by atoms with Gasteiger partial charge in [0, 0.05) is 32.3 Å². The Morgan fingerprint density at radius 3 is 2.67 bits per heavy atom. The molecule has 112 valence electrons. The van der Waals surface area contributed by atoms with Crippen LogP contribution in [0.2, 0.25) is 0 Å². The Balaban J connectivity index is 0.00000220. The fourth-order valence-electron chi connectivity index (χ4n) is 1.56. The van der Waals surface area contributed by atoms with Crippen LogP contribution in [0, 0.1) is 0 Å². The predicted molar refractivity (Wildman–Crippen MR) is 75.4 cm³/mol. The molecule has 1 N–H and O–H groups in total. The lowest BCUT2D eigenvalue weighted by atomic mass is 10.4. The van der Waals surface area contributed by atoms with Crippen LogP contribution in [-0.2, 0) is 11.3 Å². The van der Waals surface area contributed by atoms with Gasteiger partial charge < -0.3 is 21.7 Å². The summed E-state index contributed by atoms with van der Waals surface area (Å²) in [5, 5.41) is 3.86. The second kappa shape index (κ2) is 8.06. The van der Waals surface area contributed by atoms with Gasteiger partial charge >= 0.3 is 5.91 Å². The van der Waals surface area contributed by atoms with Crippen LogP contribution in [0.15, 0.2) is 52.2 Å². The van der Waals surface area contributed by atoms with Gasteiger partial charge in [-0.25, -0.2) is 5.43 Å². The molecule has 2 heterocycles. The highest BCUT2D eigenvalue weighted by Crippen LogP contribution is 2.13. The number of anilines is 1. The molecule has 0 aliphatic carbocycles. The molecule has 0 aliphatic rings. The summed E-state index contributed by atoms with van der Waals surface area (Å²) < 4.78 is 7.23. The maximum absolute atomic E-state index is 11.6. The molecule has 21 heavy (non-hydrogen) atoms. The average molecular weight is 309 g/mol. The van der Waals surface area contributed by atoms with Gasteiger partial charge in [0.15, 0.2) is 18.3 Å². The summed E-state index contributed by atoms with van der Waals surface area (Å²) in [5.74, 6) is 1.12. The van der Waals surface area contributed by atoms with Gasteiger partial charge in [0.05, 0.1) is 6.21 Å². The van der Waals surface area contributed by atoms with Crippen LogP contribution in [0.25, 0.3) is 0 Å². The first-order valence-electron chi connectivity index (χ1n) is 6.18. The minimum Gasteiger partial charge on any atom is -1.00 e. The second-order valence-corrected chi connectivity index (χ2v) is 4.41. The van der Waals surface area contributed by atoms with Gasteiger partial charge in [-0.05, 0) is 6.07 Å². The molecule has 6 nitrogen and oxygen atoms in total. The Bertz CT molecular complexity index is 596. The molecule has 1 amide bonds. The molecule has 2 aromatic rings. The summed E-state index contributed by atoms with van der Waals surface area (Å²) in [7, 11) is 3.78. The Labute approximate surface area is 129 Å². The fourth-order valence-corrected chi connectivity index (χ4v) is 1.56. The zero-order chi connectivity index (χ0) is 14.4. The number of carbonyl (C=O) groups is 1. The van der Waals surface area contributed by atoms with Crippen molar-refractivity contribution in [2.45, 2.75) is 6.54 Å². The molecule has 0 atom stereocenters. The maximum atomic E-state index is 11.6. The van der Waals surface area contributed by atoms with E-state index in [-0.39, 0.29) is 24.9 Å². The fraction of sp³-hybridized carbons (Fsp3) is 0.214. The van der Waals surface area contributed by atoms with Crippen molar-refractivity contribution >= 4 is 18.0 Å². The number of halogens is 1. The molecular weight excluding hydrogens is 292 g/mol. The topological polar surface area (TPSA) is 61.7 Å². The molecule has 0 saturated carbocycles. The summed E-state index contributed by atoms with van der Waals surface area (Å²) in [6.45, 7) is 0.222. The third-order valence-electron chi connectivity index (χ3n) is 2.54. The quantitative estimate of drug-likeness (QED) is 0.387. The molecule has 0 aromatic carbocycles. The van der Waals surface area contributed by atoms with E-state index in [1.807, 2.05) is 55.7 Å². The molecule has 0 spiro atoms. The lowest BCUT2D eigenvalue weighted by Gasteiger charge is -2.05. The number of carbonyl (C=O) groups excluding carboxylic acids is 1. The van der Waals surface area contributed by atoms with Crippen molar-refractivity contribution < 1.29 is 26.2 Å². The van der Waals surface area contributed by atoms with E-state index in [4.69, 9.17) is 4.42 Å². The van der Waals surface area contributed by atoms with Crippen LogP contribution >= 0.6 is 0 Å². The minimum atomic E-state index is -0.197. The van der Waals surface area contributed by atoms with Gasteiger partial charge in [0.25, 0.3) is 0 Å². The van der Waals surface area contributed by atoms with Crippen molar-refractivity contribution in [3.63, 3.8) is 0 Å². The van der Waals surface area contributed by atoms with Gasteiger partial charge in [0.2, 0.25) is 6.54 Å². The number of nitrogens with zero attached hydrogens (tertiary/aromatic N) is 3. The predicted octanol–water partition coefficient (Wildman–Crippen LogP) is -2.21. The molecule has 0 unspecified atom stereocenters. The van der Waals surface area contributed by atoms with Crippen LogP contribution in [-0.4, -0.2) is 26.2 Å². The Kier molecular flexibility index (Phi) is 6.42. The third kappa shape index (κ3) is 5.27. The molecule has 2 aromatic heterocycles. The van der Waals surface area contributed by atoms with E-state index in [0.29, 0.717) is 5.76 Å². The highest BCUT2D eigenvalue weighted by Gasteiger charge is 2.07. The van der Waals surface area contributed by atoms with Gasteiger partial charge in [-0.2, -0.15) is 9.67 Å². The molecule has 7 heteroatoms. The molecule has 0 bridgehead atoms. The molecule has 0 aliphatic heterocycles. The highest BCUT2D eigenvalue weighted by molar-refractivity contribution is 5.80. The summed E-state index contributed by atoms with van der Waals surface area (Å²) in [4.78, 5) is 13.5. The van der Waals surface area contributed by atoms with Crippen molar-refractivity contribution in [3.8, 4) is 0 Å². The molecule has 2 rings (SSSR count). The van der Waals surface area contributed by atoms with Crippen molar-refractivity contribution in [1.82, 2.24) is 5.43 Å². The van der Waals surface area contributed by atoms with Crippen molar-refractivity contribution in [2.24, 2.45) is 5.10 Å². The average Bonchev–Trinajstić information content (AvgIpc) is 2.89. The summed E-state index contributed by atoms with van der Waals surface area (Å²) in [6, 6.07) is 9.25. The number of amides is 1. The number of hydrazone groups is 1. The van der Waals surface area contributed by atoms with E-state index < -0.39 is 0 Å². The summed E-state index contributed by atoms with van der Waals surface area (Å²) in [6.07, 6.45) is 5.11. The lowest BCUT2D eigenvalue weighted by molar-refractivity contribution is -0.684. The smallest absolute Gasteiger partial charge is 0.305 e. The highest BCUT2D eigenvalue weighted by atomic mass is 35.5. The zero-order valence-corrected chi connectivity index (χ0v) is 12.6. The summed E-state index contributed by atoms with van der Waals surface area (Å²) in [5.41, 5.74) is 2.45. The van der Waals surface area contributed by atoms with Crippen molar-refractivity contribution in [3.05, 3.63) is 48.5 Å². The second-order valence-electron chi connectivity index (χ2n) is 4.41. The Morgan fingerprint density at radius 1 is 1.33 bits per heavy atom. The molecular formula is C14H17ClN4O2. The van der Waals surface area contributed by atoms with Crippen LogP contribution in [0.3, 0.4) is 0 Å². The van der Waals surface area contributed by atoms with Crippen molar-refractivity contribution in [2.75, 3.05) is 19.0 Å². The number of nitrogens with one attached hydrogen (secondary N) is 1. The molecule has 0 radical (unpaired) electrons. The van der Waals surface area contributed by atoms with Crippen LogP contribution in [0.4, 0.5) is 5.88 Å². The normalized spacial score (nSPS) is 10.2. The first-order valence-corrected chi connectivity index (χ1v) is 6.18. The van der Waals surface area contributed by atoms with Gasteiger partial charge in [-0.15, -0.1) is 0 Å². The number of pyridine rings is 1. The number of rotatable bonds is 5.